The van der Waals surface area contributed by atoms with E-state index < -0.39 is 5.60 Å². The number of hydrogen-bond donors (Lipinski definition) is 2. The van der Waals surface area contributed by atoms with Crippen LogP contribution in [-0.4, -0.2) is 21.9 Å². The van der Waals surface area contributed by atoms with Gasteiger partial charge in [-0.3, -0.25) is 0 Å². The first-order chi connectivity index (χ1) is 4.58. The number of rotatable bonds is 3. The van der Waals surface area contributed by atoms with Crippen LogP contribution in [0.4, 0.5) is 0 Å². The van der Waals surface area contributed by atoms with E-state index >= 15 is 0 Å². The third-order valence-electron chi connectivity index (χ3n) is 2.44. The fraction of sp³-hybridized carbons (Fsp3) is 1.00. The zero-order valence-electron chi connectivity index (χ0n) is 6.67. The van der Waals surface area contributed by atoms with Gasteiger partial charge in [0.15, 0.2) is 0 Å². The Kier molecular flexibility index (Phi) is 2.02. The molecule has 10 heavy (non-hydrogen) atoms. The van der Waals surface area contributed by atoms with Crippen LogP contribution < -0.4 is 0 Å². The topological polar surface area (TPSA) is 40.5 Å². The second-order valence-corrected chi connectivity index (χ2v) is 3.44. The van der Waals surface area contributed by atoms with Crippen LogP contribution in [0.1, 0.15) is 33.1 Å². The summed E-state index contributed by atoms with van der Waals surface area (Å²) in [6, 6.07) is 0. The molecule has 1 rings (SSSR count). The highest BCUT2D eigenvalue weighted by Crippen LogP contribution is 2.48. The van der Waals surface area contributed by atoms with Gasteiger partial charge in [-0.05, 0) is 32.1 Å². The molecular formula is C8H16O2. The molecule has 0 amide bonds. The third kappa shape index (κ3) is 1.50. The highest BCUT2D eigenvalue weighted by molar-refractivity contribution is 5.02. The van der Waals surface area contributed by atoms with Gasteiger partial charge in [0.1, 0.15) is 0 Å². The smallest absolute Gasteiger partial charge is 0.0679 e. The van der Waals surface area contributed by atoms with Crippen molar-refractivity contribution in [3.8, 4) is 0 Å². The molecule has 0 aromatic rings. The number of aliphatic hydroxyl groups excluding tert-OH is 1. The Bertz CT molecular complexity index is 122. The Morgan fingerprint density at radius 3 is 2.60 bits per heavy atom. The molecule has 0 aromatic heterocycles. The lowest BCUT2D eigenvalue weighted by atomic mass is 10.1. The molecule has 0 spiro atoms. The lowest BCUT2D eigenvalue weighted by molar-refractivity contribution is 0.104. The van der Waals surface area contributed by atoms with Crippen LogP contribution in [-0.2, 0) is 0 Å². The monoisotopic (exact) mass is 144 g/mol. The standard InChI is InChI=1S/C8H16O2/c1-3-8(10)5-7(8)4-6(2)9/h6-7,9-10H,3-5H2,1-2H3. The molecule has 0 aromatic carbocycles. The van der Waals surface area contributed by atoms with E-state index in [4.69, 9.17) is 5.11 Å². The molecule has 2 heteroatoms. The normalized spacial score (nSPS) is 41.4. The average molecular weight is 144 g/mol. The van der Waals surface area contributed by atoms with Crippen LogP contribution >= 0.6 is 0 Å². The van der Waals surface area contributed by atoms with Gasteiger partial charge in [0.2, 0.25) is 0 Å². The van der Waals surface area contributed by atoms with Crippen LogP contribution in [0, 0.1) is 5.92 Å². The van der Waals surface area contributed by atoms with Gasteiger partial charge in [0, 0.05) is 0 Å². The quantitative estimate of drug-likeness (QED) is 0.618. The van der Waals surface area contributed by atoms with Crippen LogP contribution in [0.25, 0.3) is 0 Å². The molecular weight excluding hydrogens is 128 g/mol. The molecule has 1 aliphatic rings. The zero-order valence-corrected chi connectivity index (χ0v) is 6.67. The summed E-state index contributed by atoms with van der Waals surface area (Å²) in [6.07, 6.45) is 2.20. The van der Waals surface area contributed by atoms with Crippen molar-refractivity contribution in [2.75, 3.05) is 0 Å². The van der Waals surface area contributed by atoms with E-state index in [1.807, 2.05) is 6.92 Å². The summed E-state index contributed by atoms with van der Waals surface area (Å²) in [5.41, 5.74) is -0.420. The third-order valence-corrected chi connectivity index (χ3v) is 2.44. The summed E-state index contributed by atoms with van der Waals surface area (Å²) in [5, 5.41) is 18.5. The predicted molar refractivity (Wildman–Crippen MR) is 39.6 cm³/mol. The van der Waals surface area contributed by atoms with Crippen molar-refractivity contribution in [3.05, 3.63) is 0 Å². The summed E-state index contributed by atoms with van der Waals surface area (Å²) in [5.74, 6) is 0.359. The largest absolute Gasteiger partial charge is 0.393 e. The Hall–Kier alpha value is -0.0800. The van der Waals surface area contributed by atoms with Crippen molar-refractivity contribution in [2.24, 2.45) is 5.92 Å². The molecule has 1 saturated carbocycles. The fourth-order valence-corrected chi connectivity index (χ4v) is 1.52. The highest BCUT2D eigenvalue weighted by atomic mass is 16.3. The van der Waals surface area contributed by atoms with Crippen molar-refractivity contribution in [2.45, 2.75) is 44.8 Å². The van der Waals surface area contributed by atoms with Gasteiger partial charge >= 0.3 is 0 Å². The maximum atomic E-state index is 9.54. The first kappa shape index (κ1) is 8.02. The van der Waals surface area contributed by atoms with Gasteiger partial charge in [-0.25, -0.2) is 0 Å². The van der Waals surface area contributed by atoms with Gasteiger partial charge < -0.3 is 10.2 Å². The van der Waals surface area contributed by atoms with Crippen molar-refractivity contribution in [1.82, 2.24) is 0 Å². The molecule has 0 heterocycles. The Labute approximate surface area is 61.9 Å². The van der Waals surface area contributed by atoms with E-state index in [1.54, 1.807) is 6.92 Å². The zero-order chi connectivity index (χ0) is 7.78. The van der Waals surface area contributed by atoms with Gasteiger partial charge in [-0.2, -0.15) is 0 Å². The fourth-order valence-electron chi connectivity index (χ4n) is 1.52. The van der Waals surface area contributed by atoms with E-state index in [2.05, 4.69) is 0 Å². The van der Waals surface area contributed by atoms with E-state index in [0.29, 0.717) is 5.92 Å². The summed E-state index contributed by atoms with van der Waals surface area (Å²) in [6.45, 7) is 3.76. The van der Waals surface area contributed by atoms with E-state index in [0.717, 1.165) is 19.3 Å². The molecule has 2 nitrogen and oxygen atoms in total. The number of hydrogen-bond acceptors (Lipinski definition) is 2. The minimum absolute atomic E-state index is 0.259. The molecule has 0 radical (unpaired) electrons. The molecule has 60 valence electrons. The van der Waals surface area contributed by atoms with Gasteiger partial charge in [-0.1, -0.05) is 6.92 Å². The van der Waals surface area contributed by atoms with Gasteiger partial charge in [0.25, 0.3) is 0 Å². The van der Waals surface area contributed by atoms with Crippen LogP contribution in [0.3, 0.4) is 0 Å². The molecule has 1 aliphatic carbocycles. The SMILES string of the molecule is CCC1(O)CC1CC(C)O. The Morgan fingerprint density at radius 2 is 2.30 bits per heavy atom. The van der Waals surface area contributed by atoms with Crippen molar-refractivity contribution >= 4 is 0 Å². The van der Waals surface area contributed by atoms with Crippen molar-refractivity contribution in [3.63, 3.8) is 0 Å². The second-order valence-electron chi connectivity index (χ2n) is 3.44. The molecule has 0 aliphatic heterocycles. The number of aliphatic hydroxyl groups is 2. The molecule has 3 atom stereocenters. The summed E-state index contributed by atoms with van der Waals surface area (Å²) >= 11 is 0. The Balaban J connectivity index is 2.24. The van der Waals surface area contributed by atoms with Crippen molar-refractivity contribution in [1.29, 1.82) is 0 Å². The maximum Gasteiger partial charge on any atom is 0.0679 e. The average Bonchev–Trinajstić information content (AvgIpc) is 2.43. The first-order valence-corrected chi connectivity index (χ1v) is 3.99. The summed E-state index contributed by atoms with van der Waals surface area (Å²) in [4.78, 5) is 0. The summed E-state index contributed by atoms with van der Waals surface area (Å²) < 4.78 is 0. The minimum atomic E-state index is -0.420. The van der Waals surface area contributed by atoms with E-state index in [1.165, 1.54) is 0 Å². The molecule has 0 saturated heterocycles. The molecule has 1 fully saturated rings. The van der Waals surface area contributed by atoms with E-state index in [9.17, 15) is 5.11 Å². The summed E-state index contributed by atoms with van der Waals surface area (Å²) in [7, 11) is 0. The highest BCUT2D eigenvalue weighted by Gasteiger charge is 2.50. The lowest BCUT2D eigenvalue weighted by Gasteiger charge is -2.07. The van der Waals surface area contributed by atoms with Crippen molar-refractivity contribution < 1.29 is 10.2 Å². The van der Waals surface area contributed by atoms with Gasteiger partial charge in [-0.15, -0.1) is 0 Å². The second kappa shape index (κ2) is 2.51. The predicted octanol–water partition coefficient (Wildman–Crippen LogP) is 0.918. The molecule has 3 unspecified atom stereocenters. The minimum Gasteiger partial charge on any atom is -0.393 e. The molecule has 2 N–H and O–H groups in total. The Morgan fingerprint density at radius 1 is 1.70 bits per heavy atom. The van der Waals surface area contributed by atoms with Crippen LogP contribution in [0.2, 0.25) is 0 Å². The van der Waals surface area contributed by atoms with Crippen LogP contribution in [0.15, 0.2) is 0 Å². The first-order valence-electron chi connectivity index (χ1n) is 3.99. The maximum absolute atomic E-state index is 9.54. The molecule has 0 bridgehead atoms. The lowest BCUT2D eigenvalue weighted by Crippen LogP contribution is -2.12. The van der Waals surface area contributed by atoms with Gasteiger partial charge in [0.05, 0.1) is 11.7 Å². The van der Waals surface area contributed by atoms with Crippen LogP contribution in [0.5, 0.6) is 0 Å². The van der Waals surface area contributed by atoms with E-state index in [-0.39, 0.29) is 6.10 Å².